The Kier molecular flexibility index (Phi) is 2.78. The lowest BCUT2D eigenvalue weighted by atomic mass is 10.1. The number of carbonyl (C=O) groups excluding carboxylic acids is 1. The van der Waals surface area contributed by atoms with E-state index in [1.807, 2.05) is 6.07 Å². The van der Waals surface area contributed by atoms with Crippen molar-refractivity contribution >= 4 is 27.5 Å². The maximum atomic E-state index is 11.6. The Labute approximate surface area is 97.4 Å². The lowest BCUT2D eigenvalue weighted by molar-refractivity contribution is -0.117. The van der Waals surface area contributed by atoms with Crippen molar-refractivity contribution in [3.8, 4) is 0 Å². The average Bonchev–Trinajstić information content (AvgIpc) is 2.82. The van der Waals surface area contributed by atoms with Crippen LogP contribution >= 0.6 is 15.9 Å². The summed E-state index contributed by atoms with van der Waals surface area (Å²) in [6.45, 7) is 2.14. The van der Waals surface area contributed by atoms with Crippen LogP contribution in [0.1, 0.15) is 26.2 Å². The first-order chi connectivity index (χ1) is 7.07. The molecule has 0 aromatic carbocycles. The fourth-order valence-electron chi connectivity index (χ4n) is 1.46. The number of aromatic nitrogens is 1. The van der Waals surface area contributed by atoms with Gasteiger partial charge in [-0.3, -0.25) is 9.78 Å². The van der Waals surface area contributed by atoms with Gasteiger partial charge in [-0.1, -0.05) is 6.92 Å². The van der Waals surface area contributed by atoms with Gasteiger partial charge in [-0.2, -0.15) is 0 Å². The van der Waals surface area contributed by atoms with Crippen LogP contribution in [0.25, 0.3) is 0 Å². The summed E-state index contributed by atoms with van der Waals surface area (Å²) in [6, 6.07) is 1.85. The Balaban J connectivity index is 1.93. The molecular weight excluding hydrogens is 256 g/mol. The quantitative estimate of drug-likeness (QED) is 0.916. The predicted octanol–water partition coefficient (Wildman–Crippen LogP) is 2.97. The number of halogens is 1. The number of anilines is 1. The van der Waals surface area contributed by atoms with Gasteiger partial charge in [-0.15, -0.1) is 0 Å². The standard InChI is InChI=1S/C11H13BrN2O/c1-11(2-3-11)5-10(15)14-9-4-8(12)6-13-7-9/h4,6-7H,2-3,5H2,1H3,(H,14,15). The third-order valence-corrected chi connectivity index (χ3v) is 3.11. The number of carbonyl (C=O) groups is 1. The molecule has 0 atom stereocenters. The molecule has 15 heavy (non-hydrogen) atoms. The summed E-state index contributed by atoms with van der Waals surface area (Å²) in [5.41, 5.74) is 1.00. The van der Waals surface area contributed by atoms with Gasteiger partial charge >= 0.3 is 0 Å². The van der Waals surface area contributed by atoms with E-state index < -0.39 is 0 Å². The Bertz CT molecular complexity index is 388. The molecule has 1 heterocycles. The summed E-state index contributed by atoms with van der Waals surface area (Å²) >= 11 is 3.31. The van der Waals surface area contributed by atoms with E-state index >= 15 is 0 Å². The molecule has 1 aromatic rings. The first-order valence-corrected chi connectivity index (χ1v) is 5.77. The minimum Gasteiger partial charge on any atom is -0.325 e. The van der Waals surface area contributed by atoms with Crippen LogP contribution in [-0.2, 0) is 4.79 Å². The third-order valence-electron chi connectivity index (χ3n) is 2.68. The highest BCUT2D eigenvalue weighted by molar-refractivity contribution is 9.10. The van der Waals surface area contributed by atoms with Crippen LogP contribution < -0.4 is 5.32 Å². The van der Waals surface area contributed by atoms with Crippen molar-refractivity contribution in [3.63, 3.8) is 0 Å². The molecule has 0 aliphatic heterocycles. The van der Waals surface area contributed by atoms with Crippen LogP contribution in [0.4, 0.5) is 5.69 Å². The van der Waals surface area contributed by atoms with Crippen molar-refractivity contribution < 1.29 is 4.79 Å². The monoisotopic (exact) mass is 268 g/mol. The molecule has 1 amide bonds. The summed E-state index contributed by atoms with van der Waals surface area (Å²) in [6.07, 6.45) is 6.28. The highest BCUT2D eigenvalue weighted by Crippen LogP contribution is 2.48. The van der Waals surface area contributed by atoms with E-state index in [2.05, 4.69) is 33.2 Å². The van der Waals surface area contributed by atoms with Crippen LogP contribution in [0, 0.1) is 5.41 Å². The molecule has 1 fully saturated rings. The first-order valence-electron chi connectivity index (χ1n) is 4.98. The van der Waals surface area contributed by atoms with E-state index in [4.69, 9.17) is 0 Å². The van der Waals surface area contributed by atoms with Crippen molar-refractivity contribution in [1.29, 1.82) is 0 Å². The van der Waals surface area contributed by atoms with Gasteiger partial charge < -0.3 is 5.32 Å². The molecule has 4 heteroatoms. The molecule has 0 bridgehead atoms. The van der Waals surface area contributed by atoms with E-state index in [9.17, 15) is 4.79 Å². The highest BCUT2D eigenvalue weighted by atomic mass is 79.9. The summed E-state index contributed by atoms with van der Waals surface area (Å²) in [4.78, 5) is 15.6. The number of rotatable bonds is 3. The van der Waals surface area contributed by atoms with E-state index in [1.54, 1.807) is 12.4 Å². The van der Waals surface area contributed by atoms with Crippen molar-refractivity contribution in [2.75, 3.05) is 5.32 Å². The Morgan fingerprint density at radius 3 is 2.93 bits per heavy atom. The number of pyridine rings is 1. The first kappa shape index (κ1) is 10.6. The minimum atomic E-state index is 0.0786. The van der Waals surface area contributed by atoms with Gasteiger partial charge in [0.15, 0.2) is 0 Å². The molecule has 0 spiro atoms. The average molecular weight is 269 g/mol. The summed E-state index contributed by atoms with van der Waals surface area (Å²) < 4.78 is 0.873. The smallest absolute Gasteiger partial charge is 0.224 e. The maximum Gasteiger partial charge on any atom is 0.224 e. The molecule has 0 radical (unpaired) electrons. The molecule has 0 saturated heterocycles. The topological polar surface area (TPSA) is 42.0 Å². The summed E-state index contributed by atoms with van der Waals surface area (Å²) in [5, 5.41) is 2.85. The Morgan fingerprint density at radius 1 is 1.60 bits per heavy atom. The second-order valence-electron chi connectivity index (χ2n) is 4.43. The van der Waals surface area contributed by atoms with E-state index in [0.717, 1.165) is 23.0 Å². The van der Waals surface area contributed by atoms with E-state index in [0.29, 0.717) is 6.42 Å². The molecule has 1 aliphatic carbocycles. The molecule has 80 valence electrons. The largest absolute Gasteiger partial charge is 0.325 e. The van der Waals surface area contributed by atoms with Gasteiger partial charge in [0, 0.05) is 17.1 Å². The van der Waals surface area contributed by atoms with Gasteiger partial charge in [0.2, 0.25) is 5.91 Å². The Morgan fingerprint density at radius 2 is 2.33 bits per heavy atom. The second-order valence-corrected chi connectivity index (χ2v) is 5.34. The molecule has 1 N–H and O–H groups in total. The lowest BCUT2D eigenvalue weighted by Crippen LogP contribution is -2.15. The molecule has 3 nitrogen and oxygen atoms in total. The minimum absolute atomic E-state index is 0.0786. The van der Waals surface area contributed by atoms with Crippen molar-refractivity contribution in [1.82, 2.24) is 4.98 Å². The lowest BCUT2D eigenvalue weighted by Gasteiger charge is -2.08. The van der Waals surface area contributed by atoms with Crippen LogP contribution in [-0.4, -0.2) is 10.9 Å². The van der Waals surface area contributed by atoms with Gasteiger partial charge in [0.05, 0.1) is 11.9 Å². The fraction of sp³-hybridized carbons (Fsp3) is 0.455. The van der Waals surface area contributed by atoms with Crippen molar-refractivity contribution in [2.24, 2.45) is 5.41 Å². The van der Waals surface area contributed by atoms with Gasteiger partial charge in [0.1, 0.15) is 0 Å². The molecule has 1 aromatic heterocycles. The normalized spacial score (nSPS) is 17.2. The molecular formula is C11H13BrN2O. The predicted molar refractivity (Wildman–Crippen MR) is 62.5 cm³/mol. The van der Waals surface area contributed by atoms with Crippen LogP contribution in [0.3, 0.4) is 0 Å². The van der Waals surface area contributed by atoms with Crippen molar-refractivity contribution in [3.05, 3.63) is 22.9 Å². The van der Waals surface area contributed by atoms with Gasteiger partial charge in [0.25, 0.3) is 0 Å². The van der Waals surface area contributed by atoms with E-state index in [1.165, 1.54) is 0 Å². The highest BCUT2D eigenvalue weighted by Gasteiger charge is 2.39. The second kappa shape index (κ2) is 3.93. The maximum absolute atomic E-state index is 11.6. The molecule has 0 unspecified atom stereocenters. The zero-order valence-corrected chi connectivity index (χ0v) is 10.2. The number of nitrogens with one attached hydrogen (secondary N) is 1. The van der Waals surface area contributed by atoms with Gasteiger partial charge in [-0.25, -0.2) is 0 Å². The van der Waals surface area contributed by atoms with E-state index in [-0.39, 0.29) is 11.3 Å². The zero-order chi connectivity index (χ0) is 10.9. The van der Waals surface area contributed by atoms with Gasteiger partial charge in [-0.05, 0) is 40.3 Å². The number of hydrogen-bond donors (Lipinski definition) is 1. The summed E-state index contributed by atoms with van der Waals surface area (Å²) in [7, 11) is 0. The van der Waals surface area contributed by atoms with Crippen LogP contribution in [0.15, 0.2) is 22.9 Å². The molecule has 1 aliphatic rings. The van der Waals surface area contributed by atoms with Crippen molar-refractivity contribution in [2.45, 2.75) is 26.2 Å². The SMILES string of the molecule is CC1(CC(=O)Nc2cncc(Br)c2)CC1. The Hall–Kier alpha value is -0.900. The number of hydrogen-bond acceptors (Lipinski definition) is 2. The third kappa shape index (κ3) is 3.02. The number of nitrogens with zero attached hydrogens (tertiary/aromatic N) is 1. The fourth-order valence-corrected chi connectivity index (χ4v) is 1.83. The number of amides is 1. The molecule has 2 rings (SSSR count). The van der Waals surface area contributed by atoms with Crippen LogP contribution in [0.5, 0.6) is 0 Å². The molecule has 1 saturated carbocycles. The summed E-state index contributed by atoms with van der Waals surface area (Å²) in [5.74, 6) is 0.0786. The zero-order valence-electron chi connectivity index (χ0n) is 8.59. The van der Waals surface area contributed by atoms with Crippen LogP contribution in [0.2, 0.25) is 0 Å².